The molecule has 2 aromatic rings. The molecule has 0 aliphatic carbocycles. The Kier molecular flexibility index (Phi) is 4.40. The van der Waals surface area contributed by atoms with Gasteiger partial charge in [-0.1, -0.05) is 36.7 Å². The van der Waals surface area contributed by atoms with E-state index in [4.69, 9.17) is 0 Å². The first-order valence-electron chi connectivity index (χ1n) is 6.57. The molecule has 1 aromatic heterocycles. The lowest BCUT2D eigenvalue weighted by molar-refractivity contribution is 0.636. The summed E-state index contributed by atoms with van der Waals surface area (Å²) in [6, 6.07) is 5.19. The average Bonchev–Trinajstić information content (AvgIpc) is 2.39. The van der Waals surface area contributed by atoms with Crippen molar-refractivity contribution in [3.63, 3.8) is 0 Å². The number of benzene rings is 1. The van der Waals surface area contributed by atoms with Gasteiger partial charge in [-0.2, -0.15) is 0 Å². The van der Waals surface area contributed by atoms with Crippen molar-refractivity contribution < 1.29 is 4.39 Å². The second-order valence-electron chi connectivity index (χ2n) is 4.93. The van der Waals surface area contributed by atoms with E-state index in [2.05, 4.69) is 47.0 Å². The Morgan fingerprint density at radius 2 is 2.11 bits per heavy atom. The van der Waals surface area contributed by atoms with Gasteiger partial charge in [0.15, 0.2) is 0 Å². The smallest absolute Gasteiger partial charge is 0.149 e. The minimum Gasteiger partial charge on any atom is -0.370 e. The molecule has 0 saturated carbocycles. The van der Waals surface area contributed by atoms with Crippen molar-refractivity contribution in [2.75, 3.05) is 11.9 Å². The minimum absolute atomic E-state index is 0.284. The third kappa shape index (κ3) is 2.89. The molecule has 0 aliphatic heterocycles. The molecule has 1 aromatic carbocycles. The molecule has 2 nitrogen and oxygen atoms in total. The van der Waals surface area contributed by atoms with Gasteiger partial charge in [-0.15, -0.1) is 0 Å². The van der Waals surface area contributed by atoms with Crippen LogP contribution in [-0.4, -0.2) is 11.5 Å². The quantitative estimate of drug-likeness (QED) is 0.848. The topological polar surface area (TPSA) is 24.9 Å². The van der Waals surface area contributed by atoms with Gasteiger partial charge in [-0.05, 0) is 36.1 Å². The highest BCUT2D eigenvalue weighted by Crippen LogP contribution is 2.32. The van der Waals surface area contributed by atoms with Crippen LogP contribution in [0.5, 0.6) is 0 Å². The molecule has 0 aliphatic rings. The molecule has 1 heterocycles. The molecule has 0 amide bonds. The van der Waals surface area contributed by atoms with Crippen molar-refractivity contribution >= 4 is 32.7 Å². The zero-order valence-corrected chi connectivity index (χ0v) is 13.0. The Labute approximate surface area is 121 Å². The normalized spacial score (nSPS) is 11.3. The lowest BCUT2D eigenvalue weighted by Gasteiger charge is -2.15. The molecule has 0 unspecified atom stereocenters. The van der Waals surface area contributed by atoms with E-state index >= 15 is 0 Å². The fourth-order valence-electron chi connectivity index (χ4n) is 2.03. The third-order valence-electron chi connectivity index (χ3n) is 3.08. The molecule has 0 radical (unpaired) electrons. The lowest BCUT2D eigenvalue weighted by Crippen LogP contribution is -2.07. The molecule has 0 fully saturated rings. The highest BCUT2D eigenvalue weighted by atomic mass is 79.9. The number of nitrogens with zero attached hydrogens (tertiary/aromatic N) is 1. The largest absolute Gasteiger partial charge is 0.370 e. The van der Waals surface area contributed by atoms with Crippen molar-refractivity contribution in [1.82, 2.24) is 4.98 Å². The Bertz CT molecular complexity index is 596. The van der Waals surface area contributed by atoms with Gasteiger partial charge in [0.25, 0.3) is 0 Å². The fourth-order valence-corrected chi connectivity index (χ4v) is 2.47. The van der Waals surface area contributed by atoms with Gasteiger partial charge in [0.1, 0.15) is 17.2 Å². The Morgan fingerprint density at radius 3 is 2.74 bits per heavy atom. The zero-order valence-electron chi connectivity index (χ0n) is 11.4. The van der Waals surface area contributed by atoms with E-state index in [0.717, 1.165) is 34.2 Å². The van der Waals surface area contributed by atoms with Gasteiger partial charge in [0.2, 0.25) is 0 Å². The molecule has 102 valence electrons. The number of nitrogens with one attached hydrogen (secondary N) is 1. The van der Waals surface area contributed by atoms with Crippen LogP contribution in [0.2, 0.25) is 0 Å². The average molecular weight is 325 g/mol. The number of aromatic nitrogens is 1. The summed E-state index contributed by atoms with van der Waals surface area (Å²) in [5.74, 6) is 0.848. The second-order valence-corrected chi connectivity index (χ2v) is 5.79. The third-order valence-corrected chi connectivity index (χ3v) is 3.77. The van der Waals surface area contributed by atoms with Crippen LogP contribution in [-0.2, 0) is 0 Å². The van der Waals surface area contributed by atoms with Crippen molar-refractivity contribution in [1.29, 1.82) is 0 Å². The lowest BCUT2D eigenvalue weighted by atomic mass is 10.0. The summed E-state index contributed by atoms with van der Waals surface area (Å²) in [6.45, 7) is 7.18. The first kappa shape index (κ1) is 14.3. The van der Waals surface area contributed by atoms with Gasteiger partial charge in [-0.25, -0.2) is 9.37 Å². The van der Waals surface area contributed by atoms with Crippen molar-refractivity contribution in [3.05, 3.63) is 34.1 Å². The second kappa shape index (κ2) is 5.87. The molecule has 19 heavy (non-hydrogen) atoms. The van der Waals surface area contributed by atoms with Crippen molar-refractivity contribution in [2.24, 2.45) is 0 Å². The van der Waals surface area contributed by atoms with E-state index < -0.39 is 0 Å². The summed E-state index contributed by atoms with van der Waals surface area (Å²) >= 11 is 3.46. The summed E-state index contributed by atoms with van der Waals surface area (Å²) in [5, 5.41) is 4.11. The summed E-state index contributed by atoms with van der Waals surface area (Å²) < 4.78 is 14.8. The molecule has 2 rings (SSSR count). The fraction of sp³-hybridized carbons (Fsp3) is 0.400. The minimum atomic E-state index is -0.284. The van der Waals surface area contributed by atoms with Gasteiger partial charge in [0.05, 0.1) is 0 Å². The first-order valence-corrected chi connectivity index (χ1v) is 7.36. The zero-order chi connectivity index (χ0) is 14.0. The number of rotatable bonds is 4. The van der Waals surface area contributed by atoms with Crippen LogP contribution >= 0.6 is 15.9 Å². The maximum atomic E-state index is 13.9. The Morgan fingerprint density at radius 1 is 1.37 bits per heavy atom. The van der Waals surface area contributed by atoms with E-state index in [-0.39, 0.29) is 5.82 Å². The molecular formula is C15H18BrFN2. The number of hydrogen-bond donors (Lipinski definition) is 1. The van der Waals surface area contributed by atoms with Crippen LogP contribution in [0, 0.1) is 5.82 Å². The highest BCUT2D eigenvalue weighted by molar-refractivity contribution is 9.10. The predicted octanol–water partition coefficient (Wildman–Crippen LogP) is 5.08. The number of pyridine rings is 1. The molecule has 0 spiro atoms. The van der Waals surface area contributed by atoms with Crippen molar-refractivity contribution in [2.45, 2.75) is 33.1 Å². The van der Waals surface area contributed by atoms with E-state index in [9.17, 15) is 4.39 Å². The van der Waals surface area contributed by atoms with E-state index in [1.165, 1.54) is 6.07 Å². The standard InChI is InChI=1S/C15H18BrFN2/c1-4-7-18-15-10(9(2)3)8-11-12(16)5-6-13(17)14(11)19-15/h5-6,8-9H,4,7H2,1-3H3,(H,18,19). The highest BCUT2D eigenvalue weighted by Gasteiger charge is 2.13. The van der Waals surface area contributed by atoms with Crippen LogP contribution in [0.3, 0.4) is 0 Å². The van der Waals surface area contributed by atoms with Gasteiger partial charge >= 0.3 is 0 Å². The van der Waals surface area contributed by atoms with E-state index in [1.54, 1.807) is 6.07 Å². The van der Waals surface area contributed by atoms with Crippen molar-refractivity contribution in [3.8, 4) is 0 Å². The molecule has 0 bridgehead atoms. The summed E-state index contributed by atoms with van der Waals surface area (Å²) in [6.07, 6.45) is 1.01. The van der Waals surface area contributed by atoms with Gasteiger partial charge in [0, 0.05) is 16.4 Å². The maximum Gasteiger partial charge on any atom is 0.149 e. The summed E-state index contributed by atoms with van der Waals surface area (Å²) in [5.41, 5.74) is 1.53. The molecule has 0 atom stereocenters. The van der Waals surface area contributed by atoms with Gasteiger partial charge in [-0.3, -0.25) is 0 Å². The Balaban J connectivity index is 2.65. The molecule has 1 N–H and O–H groups in total. The van der Waals surface area contributed by atoms with Gasteiger partial charge < -0.3 is 5.32 Å². The molecule has 4 heteroatoms. The number of halogens is 2. The van der Waals surface area contributed by atoms with Crippen LogP contribution in [0.15, 0.2) is 22.7 Å². The molecule has 0 saturated heterocycles. The number of fused-ring (bicyclic) bond motifs is 1. The first-order chi connectivity index (χ1) is 9.04. The number of hydrogen-bond acceptors (Lipinski definition) is 2. The van der Waals surface area contributed by atoms with Crippen LogP contribution in [0.25, 0.3) is 10.9 Å². The van der Waals surface area contributed by atoms with E-state index in [1.807, 2.05) is 6.07 Å². The molecular weight excluding hydrogens is 307 g/mol. The van der Waals surface area contributed by atoms with Crippen LogP contribution in [0.1, 0.15) is 38.7 Å². The Hall–Kier alpha value is -1.16. The monoisotopic (exact) mass is 324 g/mol. The predicted molar refractivity (Wildman–Crippen MR) is 82.3 cm³/mol. The summed E-state index contributed by atoms with van der Waals surface area (Å²) in [7, 11) is 0. The number of anilines is 1. The summed E-state index contributed by atoms with van der Waals surface area (Å²) in [4.78, 5) is 4.48. The van der Waals surface area contributed by atoms with Crippen LogP contribution in [0.4, 0.5) is 10.2 Å². The van der Waals surface area contributed by atoms with Crippen LogP contribution < -0.4 is 5.32 Å². The SMILES string of the molecule is CCCNc1nc2c(F)ccc(Br)c2cc1C(C)C. The van der Waals surface area contributed by atoms with E-state index in [0.29, 0.717) is 11.4 Å². The maximum absolute atomic E-state index is 13.9.